The van der Waals surface area contributed by atoms with Crippen LogP contribution in [0.15, 0.2) is 12.3 Å². The van der Waals surface area contributed by atoms with Gasteiger partial charge in [-0.3, -0.25) is 0 Å². The number of aromatic nitrogens is 2. The minimum absolute atomic E-state index is 0. The first-order valence-corrected chi connectivity index (χ1v) is 6.00. The molecule has 1 aliphatic heterocycles. The van der Waals surface area contributed by atoms with Gasteiger partial charge in [0.25, 0.3) is 0 Å². The third-order valence-corrected chi connectivity index (χ3v) is 3.43. The summed E-state index contributed by atoms with van der Waals surface area (Å²) >= 11 is 0. The van der Waals surface area contributed by atoms with Crippen LogP contribution in [0.1, 0.15) is 30.9 Å². The van der Waals surface area contributed by atoms with Gasteiger partial charge in [0, 0.05) is 25.0 Å². The van der Waals surface area contributed by atoms with Crippen LogP contribution < -0.4 is 28.9 Å². The number of hydrogen-bond donors (Lipinski definition) is 0. The molecule has 1 aromatic rings. The first-order valence-electron chi connectivity index (χ1n) is 6.00. The van der Waals surface area contributed by atoms with Gasteiger partial charge in [0.15, 0.2) is 0 Å². The van der Waals surface area contributed by atoms with Crippen LogP contribution in [0, 0.1) is 5.92 Å². The number of aliphatic carboxylic acids is 1. The third kappa shape index (κ3) is 2.85. The van der Waals surface area contributed by atoms with Crippen molar-refractivity contribution >= 4 is 11.7 Å². The summed E-state index contributed by atoms with van der Waals surface area (Å²) in [6.45, 7) is 1.56. The summed E-state index contributed by atoms with van der Waals surface area (Å²) in [5.74, 6) is -0.138. The summed E-state index contributed by atoms with van der Waals surface area (Å²) in [6.07, 6.45) is 4.34. The molecule has 0 atom stereocenters. The van der Waals surface area contributed by atoms with E-state index in [1.54, 1.807) is 6.20 Å². The molecule has 3 rings (SSSR count). The average molecular weight is 239 g/mol. The Morgan fingerprint density at radius 3 is 2.78 bits per heavy atom. The predicted molar refractivity (Wildman–Crippen MR) is 59.3 cm³/mol. The third-order valence-electron chi connectivity index (χ3n) is 3.43. The second kappa shape index (κ2) is 5.29. The van der Waals surface area contributed by atoms with Crippen molar-refractivity contribution < 1.29 is 28.8 Å². The van der Waals surface area contributed by atoms with Crippen LogP contribution in [0.2, 0.25) is 0 Å². The molecule has 1 aromatic heterocycles. The molecule has 0 amide bonds. The van der Waals surface area contributed by atoms with Crippen molar-refractivity contribution in [3.63, 3.8) is 0 Å². The summed E-state index contributed by atoms with van der Waals surface area (Å²) in [5, 5.41) is 18.6. The fourth-order valence-electron chi connectivity index (χ4n) is 2.27. The number of hydrogen-bond acceptors (Lipinski definition) is 5. The van der Waals surface area contributed by atoms with Crippen LogP contribution >= 0.6 is 0 Å². The Balaban J connectivity index is 0.00000120. The van der Waals surface area contributed by atoms with Crippen molar-refractivity contribution in [2.45, 2.75) is 25.2 Å². The maximum atomic E-state index is 10.4. The standard InChI is InChI=1S/C12H15N3O2.Li/c16-12(17)3-8-6-15(7-8)10-4-11(9-1-2-9)14-13-5-10;/h4-5,8-9H,1-3,6-7H2,(H,16,17);/q;+1/p-1. The molecule has 0 radical (unpaired) electrons. The van der Waals surface area contributed by atoms with Gasteiger partial charge >= 0.3 is 18.9 Å². The molecular formula is C12H14LiN3O2. The Hall–Kier alpha value is -1.05. The van der Waals surface area contributed by atoms with Gasteiger partial charge < -0.3 is 14.8 Å². The summed E-state index contributed by atoms with van der Waals surface area (Å²) in [7, 11) is 0. The zero-order chi connectivity index (χ0) is 11.8. The zero-order valence-corrected chi connectivity index (χ0v) is 10.5. The van der Waals surface area contributed by atoms with Crippen molar-refractivity contribution in [2.75, 3.05) is 18.0 Å². The molecule has 18 heavy (non-hydrogen) atoms. The molecule has 90 valence electrons. The number of carbonyl (C=O) groups is 1. The zero-order valence-electron chi connectivity index (χ0n) is 10.5. The summed E-state index contributed by atoms with van der Waals surface area (Å²) in [4.78, 5) is 12.6. The van der Waals surface area contributed by atoms with Crippen LogP contribution in [0.25, 0.3) is 0 Å². The molecule has 6 heteroatoms. The molecule has 1 saturated carbocycles. The van der Waals surface area contributed by atoms with Crippen molar-refractivity contribution in [2.24, 2.45) is 5.92 Å². The maximum Gasteiger partial charge on any atom is 1.00 e. The fourth-order valence-corrected chi connectivity index (χ4v) is 2.27. The van der Waals surface area contributed by atoms with Gasteiger partial charge in [0.1, 0.15) is 0 Å². The van der Waals surface area contributed by atoms with Crippen LogP contribution in [-0.2, 0) is 4.79 Å². The molecule has 0 unspecified atom stereocenters. The molecule has 5 nitrogen and oxygen atoms in total. The Kier molecular flexibility index (Phi) is 3.93. The van der Waals surface area contributed by atoms with Gasteiger partial charge in [0.05, 0.1) is 17.6 Å². The van der Waals surface area contributed by atoms with E-state index < -0.39 is 5.97 Å². The largest absolute Gasteiger partial charge is 1.00 e. The summed E-state index contributed by atoms with van der Waals surface area (Å²) in [6, 6.07) is 2.08. The van der Waals surface area contributed by atoms with Crippen LogP contribution in [0.5, 0.6) is 0 Å². The SMILES string of the molecule is O=C([O-])CC1CN(c2cnnc(C3CC3)c2)C1.[Li+]. The van der Waals surface area contributed by atoms with E-state index in [1.165, 1.54) is 12.8 Å². The van der Waals surface area contributed by atoms with E-state index in [-0.39, 0.29) is 31.2 Å². The second-order valence-electron chi connectivity index (χ2n) is 4.96. The van der Waals surface area contributed by atoms with Crippen molar-refractivity contribution in [1.29, 1.82) is 0 Å². The molecule has 0 aromatic carbocycles. The molecule has 1 aliphatic carbocycles. The molecule has 2 heterocycles. The summed E-state index contributed by atoms with van der Waals surface area (Å²) in [5.41, 5.74) is 2.14. The maximum absolute atomic E-state index is 10.4. The number of rotatable bonds is 4. The second-order valence-corrected chi connectivity index (χ2v) is 4.96. The van der Waals surface area contributed by atoms with Crippen LogP contribution in [0.4, 0.5) is 5.69 Å². The molecule has 2 fully saturated rings. The Morgan fingerprint density at radius 2 is 2.17 bits per heavy atom. The van der Waals surface area contributed by atoms with Gasteiger partial charge in [-0.15, -0.1) is 0 Å². The topological polar surface area (TPSA) is 69.2 Å². The predicted octanol–water partition coefficient (Wildman–Crippen LogP) is -3.07. The van der Waals surface area contributed by atoms with E-state index in [1.807, 2.05) is 0 Å². The van der Waals surface area contributed by atoms with E-state index in [0.717, 1.165) is 24.5 Å². The van der Waals surface area contributed by atoms with E-state index >= 15 is 0 Å². The summed E-state index contributed by atoms with van der Waals surface area (Å²) < 4.78 is 0. The van der Waals surface area contributed by atoms with Gasteiger partial charge in [-0.2, -0.15) is 10.2 Å². The monoisotopic (exact) mass is 239 g/mol. The molecule has 2 aliphatic rings. The number of carboxylic acids is 1. The van der Waals surface area contributed by atoms with Gasteiger partial charge in [0.2, 0.25) is 0 Å². The van der Waals surface area contributed by atoms with E-state index in [2.05, 4.69) is 21.2 Å². The van der Waals surface area contributed by atoms with E-state index in [9.17, 15) is 9.90 Å². The number of carbonyl (C=O) groups excluding carboxylic acids is 1. The fraction of sp³-hybridized carbons (Fsp3) is 0.583. The van der Waals surface area contributed by atoms with Crippen LogP contribution in [-0.4, -0.2) is 29.3 Å². The first-order chi connectivity index (χ1) is 8.22. The van der Waals surface area contributed by atoms with Crippen molar-refractivity contribution in [3.05, 3.63) is 18.0 Å². The number of carboxylic acid groups (broad SMARTS) is 1. The molecule has 1 saturated heterocycles. The van der Waals surface area contributed by atoms with E-state index in [0.29, 0.717) is 5.92 Å². The Morgan fingerprint density at radius 1 is 1.44 bits per heavy atom. The number of anilines is 1. The smallest absolute Gasteiger partial charge is 0.550 e. The van der Waals surface area contributed by atoms with Gasteiger partial charge in [-0.1, -0.05) is 0 Å². The van der Waals surface area contributed by atoms with Crippen LogP contribution in [0.3, 0.4) is 0 Å². The van der Waals surface area contributed by atoms with Crippen molar-refractivity contribution in [3.8, 4) is 0 Å². The quantitative estimate of drug-likeness (QED) is 0.522. The van der Waals surface area contributed by atoms with Gasteiger partial charge in [-0.05, 0) is 31.2 Å². The van der Waals surface area contributed by atoms with E-state index in [4.69, 9.17) is 0 Å². The van der Waals surface area contributed by atoms with Crippen molar-refractivity contribution in [1.82, 2.24) is 10.2 Å². The molecule has 0 spiro atoms. The van der Waals surface area contributed by atoms with Gasteiger partial charge in [-0.25, -0.2) is 0 Å². The Labute approximate surface area is 118 Å². The minimum Gasteiger partial charge on any atom is -0.550 e. The molecule has 0 bridgehead atoms. The normalized spacial score (nSPS) is 19.0. The minimum atomic E-state index is -0.957. The average Bonchev–Trinajstić information content (AvgIpc) is 3.06. The molecule has 0 N–H and O–H groups in total. The Bertz CT molecular complexity index is 445. The first kappa shape index (κ1) is 13.4. The number of nitrogens with zero attached hydrogens (tertiary/aromatic N) is 3. The molecular weight excluding hydrogens is 225 g/mol.